The largest absolute Gasteiger partial charge is 0.380 e. The van der Waals surface area contributed by atoms with Gasteiger partial charge in [-0.2, -0.15) is 0 Å². The van der Waals surface area contributed by atoms with E-state index in [-0.39, 0.29) is 0 Å². The average molecular weight is 270 g/mol. The Morgan fingerprint density at radius 1 is 1.28 bits per heavy atom. The van der Waals surface area contributed by atoms with Crippen LogP contribution in [-0.2, 0) is 11.2 Å². The van der Waals surface area contributed by atoms with Gasteiger partial charge < -0.3 is 10.1 Å². The van der Waals surface area contributed by atoms with E-state index in [4.69, 9.17) is 4.74 Å². The van der Waals surface area contributed by atoms with Crippen molar-refractivity contribution in [2.75, 3.05) is 19.8 Å². The van der Waals surface area contributed by atoms with E-state index in [9.17, 15) is 0 Å². The zero-order valence-electron chi connectivity index (χ0n) is 12.1. The summed E-state index contributed by atoms with van der Waals surface area (Å²) in [6.45, 7) is 11.2. The third kappa shape index (κ3) is 5.46. The molecule has 0 aliphatic heterocycles. The zero-order valence-corrected chi connectivity index (χ0v) is 12.9. The number of ether oxygens (including phenoxy) is 1. The molecule has 1 aromatic heterocycles. The van der Waals surface area contributed by atoms with E-state index in [1.165, 1.54) is 15.6 Å². The van der Waals surface area contributed by atoms with Crippen LogP contribution in [0.1, 0.15) is 42.3 Å². The highest BCUT2D eigenvalue weighted by Gasteiger charge is 2.12. The van der Waals surface area contributed by atoms with Gasteiger partial charge in [0, 0.05) is 23.9 Å². The van der Waals surface area contributed by atoms with Crippen molar-refractivity contribution in [3.8, 4) is 0 Å². The second-order valence-corrected chi connectivity index (χ2v) is 5.97. The van der Waals surface area contributed by atoms with Gasteiger partial charge in [-0.25, -0.2) is 4.98 Å². The first kappa shape index (κ1) is 15.6. The Hall–Kier alpha value is -0.450. The van der Waals surface area contributed by atoms with E-state index in [1.807, 2.05) is 11.3 Å². The van der Waals surface area contributed by atoms with Gasteiger partial charge in [-0.05, 0) is 33.2 Å². The Kier molecular flexibility index (Phi) is 7.47. The molecule has 0 aliphatic carbocycles. The third-order valence-electron chi connectivity index (χ3n) is 2.84. The van der Waals surface area contributed by atoms with Crippen LogP contribution in [0.4, 0.5) is 0 Å². The van der Waals surface area contributed by atoms with E-state index < -0.39 is 0 Å². The Labute approximate surface area is 115 Å². The fraction of sp³-hybridized carbons (Fsp3) is 0.786. The van der Waals surface area contributed by atoms with Crippen LogP contribution in [0.2, 0.25) is 0 Å². The Bertz CT molecular complexity index is 319. The lowest BCUT2D eigenvalue weighted by atomic mass is 10.2. The predicted molar refractivity (Wildman–Crippen MR) is 78.5 cm³/mol. The number of hydrogen-bond donors (Lipinski definition) is 1. The summed E-state index contributed by atoms with van der Waals surface area (Å²) in [6, 6.07) is 0.390. The fourth-order valence-corrected chi connectivity index (χ4v) is 2.76. The molecule has 0 radical (unpaired) electrons. The van der Waals surface area contributed by atoms with Crippen molar-refractivity contribution in [1.82, 2.24) is 10.3 Å². The Morgan fingerprint density at radius 2 is 2.06 bits per heavy atom. The van der Waals surface area contributed by atoms with Gasteiger partial charge in [0.05, 0.1) is 17.3 Å². The van der Waals surface area contributed by atoms with Crippen LogP contribution in [0.15, 0.2) is 0 Å². The molecule has 1 aromatic rings. The first-order valence-corrected chi connectivity index (χ1v) is 7.73. The van der Waals surface area contributed by atoms with Crippen LogP contribution in [0, 0.1) is 13.8 Å². The molecule has 0 saturated carbocycles. The molecule has 0 saturated heterocycles. The van der Waals surface area contributed by atoms with Gasteiger partial charge in [-0.1, -0.05) is 13.8 Å². The zero-order chi connectivity index (χ0) is 13.4. The van der Waals surface area contributed by atoms with Crippen LogP contribution in [0.25, 0.3) is 0 Å². The Balaban J connectivity index is 2.48. The van der Waals surface area contributed by atoms with Gasteiger partial charge in [-0.3, -0.25) is 0 Å². The van der Waals surface area contributed by atoms with Crippen LogP contribution in [-0.4, -0.2) is 30.8 Å². The van der Waals surface area contributed by atoms with Crippen molar-refractivity contribution in [2.24, 2.45) is 0 Å². The van der Waals surface area contributed by atoms with Crippen molar-refractivity contribution in [1.29, 1.82) is 0 Å². The molecule has 1 atom stereocenters. The van der Waals surface area contributed by atoms with Crippen LogP contribution in [0.3, 0.4) is 0 Å². The molecular weight excluding hydrogens is 244 g/mol. The van der Waals surface area contributed by atoms with Gasteiger partial charge >= 0.3 is 0 Å². The molecule has 0 fully saturated rings. The molecule has 0 aromatic carbocycles. The van der Waals surface area contributed by atoms with E-state index in [0.29, 0.717) is 6.04 Å². The number of rotatable bonds is 9. The highest BCUT2D eigenvalue weighted by molar-refractivity contribution is 7.11. The van der Waals surface area contributed by atoms with Gasteiger partial charge in [0.1, 0.15) is 0 Å². The lowest BCUT2D eigenvalue weighted by molar-refractivity contribution is 0.111. The van der Waals surface area contributed by atoms with Gasteiger partial charge in [-0.15, -0.1) is 11.3 Å². The summed E-state index contributed by atoms with van der Waals surface area (Å²) in [6.07, 6.45) is 3.21. The molecule has 1 N–H and O–H groups in total. The monoisotopic (exact) mass is 270 g/mol. The number of aromatic nitrogens is 1. The molecular formula is C14H26N2OS. The van der Waals surface area contributed by atoms with E-state index >= 15 is 0 Å². The predicted octanol–water partition coefficient (Wildman–Crippen LogP) is 3.10. The lowest BCUT2D eigenvalue weighted by Gasteiger charge is -2.17. The van der Waals surface area contributed by atoms with Crippen molar-refractivity contribution in [3.63, 3.8) is 0 Å². The van der Waals surface area contributed by atoms with E-state index in [1.54, 1.807) is 0 Å². The molecule has 0 bridgehead atoms. The van der Waals surface area contributed by atoms with Crippen molar-refractivity contribution < 1.29 is 4.74 Å². The molecule has 1 heterocycles. The fourth-order valence-electron chi connectivity index (χ4n) is 1.75. The summed E-state index contributed by atoms with van der Waals surface area (Å²) in [5, 5.41) is 4.77. The number of nitrogens with one attached hydrogen (secondary N) is 1. The maximum absolute atomic E-state index is 5.67. The SMILES string of the molecule is CCCNC(COCCC)Cc1nc(C)c(C)s1. The molecule has 4 heteroatoms. The Morgan fingerprint density at radius 3 is 2.61 bits per heavy atom. The highest BCUT2D eigenvalue weighted by Crippen LogP contribution is 2.17. The first-order chi connectivity index (χ1) is 8.67. The summed E-state index contributed by atoms with van der Waals surface area (Å²) >= 11 is 1.81. The van der Waals surface area contributed by atoms with Gasteiger partial charge in [0.25, 0.3) is 0 Å². The van der Waals surface area contributed by atoms with Crippen molar-refractivity contribution in [2.45, 2.75) is 53.0 Å². The molecule has 0 aliphatic rings. The summed E-state index contributed by atoms with van der Waals surface area (Å²) in [7, 11) is 0. The second kappa shape index (κ2) is 8.62. The quantitative estimate of drug-likeness (QED) is 0.700. The maximum atomic E-state index is 5.67. The van der Waals surface area contributed by atoms with Crippen LogP contribution in [0.5, 0.6) is 0 Å². The molecule has 0 amide bonds. The minimum atomic E-state index is 0.390. The van der Waals surface area contributed by atoms with Gasteiger partial charge in [0.15, 0.2) is 0 Å². The number of nitrogens with zero attached hydrogens (tertiary/aromatic N) is 1. The number of thiazole rings is 1. The average Bonchev–Trinajstić information content (AvgIpc) is 2.65. The second-order valence-electron chi connectivity index (χ2n) is 4.68. The summed E-state index contributed by atoms with van der Waals surface area (Å²) in [5.41, 5.74) is 1.17. The standard InChI is InChI=1S/C14H26N2OS/c1-5-7-15-13(10-17-8-6-2)9-14-16-11(3)12(4)18-14/h13,15H,5-10H2,1-4H3. The lowest BCUT2D eigenvalue weighted by Crippen LogP contribution is -2.36. The van der Waals surface area contributed by atoms with Gasteiger partial charge in [0.2, 0.25) is 0 Å². The van der Waals surface area contributed by atoms with Crippen LogP contribution >= 0.6 is 11.3 Å². The molecule has 18 heavy (non-hydrogen) atoms. The molecule has 1 rings (SSSR count). The minimum absolute atomic E-state index is 0.390. The number of aryl methyl sites for hydroxylation is 2. The molecule has 104 valence electrons. The maximum Gasteiger partial charge on any atom is 0.0947 e. The topological polar surface area (TPSA) is 34.1 Å². The summed E-state index contributed by atoms with van der Waals surface area (Å²) < 4.78 is 5.67. The summed E-state index contributed by atoms with van der Waals surface area (Å²) in [5.74, 6) is 0. The molecule has 1 unspecified atom stereocenters. The third-order valence-corrected chi connectivity index (χ3v) is 3.94. The molecule has 3 nitrogen and oxygen atoms in total. The van der Waals surface area contributed by atoms with Crippen LogP contribution < -0.4 is 5.32 Å². The van der Waals surface area contributed by atoms with E-state index in [0.717, 1.165) is 39.0 Å². The first-order valence-electron chi connectivity index (χ1n) is 6.91. The number of hydrogen-bond acceptors (Lipinski definition) is 4. The highest BCUT2D eigenvalue weighted by atomic mass is 32.1. The molecule has 0 spiro atoms. The normalized spacial score (nSPS) is 12.9. The smallest absolute Gasteiger partial charge is 0.0947 e. The van der Waals surface area contributed by atoms with Crippen molar-refractivity contribution in [3.05, 3.63) is 15.6 Å². The summed E-state index contributed by atoms with van der Waals surface area (Å²) in [4.78, 5) is 5.94. The van der Waals surface area contributed by atoms with E-state index in [2.05, 4.69) is 38.0 Å². The van der Waals surface area contributed by atoms with Crippen molar-refractivity contribution >= 4 is 11.3 Å². The minimum Gasteiger partial charge on any atom is -0.380 e.